The molecule has 0 bridgehead atoms. The second-order valence-electron chi connectivity index (χ2n) is 6.17. The van der Waals surface area contributed by atoms with Crippen molar-refractivity contribution < 1.29 is 4.74 Å². The lowest BCUT2D eigenvalue weighted by atomic mass is 9.77. The molecule has 0 saturated carbocycles. The van der Waals surface area contributed by atoms with Crippen molar-refractivity contribution in [2.24, 2.45) is 5.92 Å². The zero-order chi connectivity index (χ0) is 14.2. The van der Waals surface area contributed by atoms with Gasteiger partial charge in [0.15, 0.2) is 0 Å². The summed E-state index contributed by atoms with van der Waals surface area (Å²) < 4.78 is 6.18. The maximum atomic E-state index is 6.18. The van der Waals surface area contributed by atoms with Crippen LogP contribution in [0.2, 0.25) is 0 Å². The largest absolute Gasteiger partial charge is 0.377 e. The van der Waals surface area contributed by atoms with Crippen LogP contribution in [-0.2, 0) is 4.74 Å². The Balaban J connectivity index is 1.81. The summed E-state index contributed by atoms with van der Waals surface area (Å²) in [6.45, 7) is 3.06. The van der Waals surface area contributed by atoms with E-state index in [1.165, 1.54) is 28.8 Å². The Hall–Kier alpha value is -1.80. The van der Waals surface area contributed by atoms with Crippen molar-refractivity contribution in [3.8, 4) is 0 Å². The van der Waals surface area contributed by atoms with Crippen molar-refractivity contribution in [1.29, 1.82) is 0 Å². The smallest absolute Gasteiger partial charge is 0.0895 e. The average molecular weight is 279 g/mol. The fourth-order valence-electron chi connectivity index (χ4n) is 3.84. The van der Waals surface area contributed by atoms with E-state index in [9.17, 15) is 0 Å². The summed E-state index contributed by atoms with van der Waals surface area (Å²) in [4.78, 5) is 0. The first kappa shape index (κ1) is 12.9. The lowest BCUT2D eigenvalue weighted by Gasteiger charge is -2.44. The van der Waals surface area contributed by atoms with Gasteiger partial charge in [0, 0.05) is 23.8 Å². The topological polar surface area (TPSA) is 21.3 Å². The van der Waals surface area contributed by atoms with Crippen molar-refractivity contribution in [3.05, 3.63) is 65.2 Å². The van der Waals surface area contributed by atoms with Crippen LogP contribution in [0, 0.1) is 12.8 Å². The van der Waals surface area contributed by atoms with Crippen molar-refractivity contribution >= 4 is 5.69 Å². The van der Waals surface area contributed by atoms with Crippen molar-refractivity contribution in [2.45, 2.75) is 31.9 Å². The monoisotopic (exact) mass is 279 g/mol. The van der Waals surface area contributed by atoms with Gasteiger partial charge in [0.25, 0.3) is 0 Å². The highest BCUT2D eigenvalue weighted by Crippen LogP contribution is 2.49. The third-order valence-corrected chi connectivity index (χ3v) is 4.87. The van der Waals surface area contributed by atoms with Crippen LogP contribution in [0.4, 0.5) is 5.69 Å². The molecule has 0 amide bonds. The van der Waals surface area contributed by atoms with Gasteiger partial charge in [-0.05, 0) is 30.9 Å². The molecule has 108 valence electrons. The molecule has 2 aromatic carbocycles. The van der Waals surface area contributed by atoms with Gasteiger partial charge in [-0.3, -0.25) is 0 Å². The van der Waals surface area contributed by atoms with Crippen LogP contribution >= 0.6 is 0 Å². The summed E-state index contributed by atoms with van der Waals surface area (Å²) in [5, 5.41) is 3.80. The second kappa shape index (κ2) is 5.19. The van der Waals surface area contributed by atoms with Crippen LogP contribution in [0.25, 0.3) is 0 Å². The van der Waals surface area contributed by atoms with Gasteiger partial charge in [-0.1, -0.05) is 48.5 Å². The quantitative estimate of drug-likeness (QED) is 0.821. The molecule has 2 nitrogen and oxygen atoms in total. The Morgan fingerprint density at radius 2 is 1.90 bits per heavy atom. The van der Waals surface area contributed by atoms with E-state index in [-0.39, 0.29) is 6.10 Å². The van der Waals surface area contributed by atoms with Crippen LogP contribution in [-0.4, -0.2) is 6.61 Å². The van der Waals surface area contributed by atoms with E-state index in [0.29, 0.717) is 12.0 Å². The number of hydrogen-bond donors (Lipinski definition) is 1. The first-order valence-electron chi connectivity index (χ1n) is 7.87. The van der Waals surface area contributed by atoms with Gasteiger partial charge in [0.2, 0.25) is 0 Å². The minimum atomic E-state index is 0.236. The number of ether oxygens (including phenoxy) is 1. The zero-order valence-corrected chi connectivity index (χ0v) is 12.4. The maximum absolute atomic E-state index is 6.18. The molecular formula is C19H21NO. The molecule has 2 aliphatic heterocycles. The average Bonchev–Trinajstić information content (AvgIpc) is 2.55. The molecule has 2 heterocycles. The Bertz CT molecular complexity index is 637. The van der Waals surface area contributed by atoms with Gasteiger partial charge in [0.05, 0.1) is 12.1 Å². The number of anilines is 1. The molecule has 2 aromatic rings. The van der Waals surface area contributed by atoms with Gasteiger partial charge in [-0.25, -0.2) is 0 Å². The highest BCUT2D eigenvalue weighted by atomic mass is 16.5. The van der Waals surface area contributed by atoms with Crippen LogP contribution in [0.5, 0.6) is 0 Å². The van der Waals surface area contributed by atoms with Crippen LogP contribution in [0.1, 0.15) is 41.7 Å². The van der Waals surface area contributed by atoms with Crippen molar-refractivity contribution in [3.63, 3.8) is 0 Å². The first-order valence-corrected chi connectivity index (χ1v) is 7.87. The highest BCUT2D eigenvalue weighted by Gasteiger charge is 2.39. The van der Waals surface area contributed by atoms with Gasteiger partial charge >= 0.3 is 0 Å². The number of para-hydroxylation sites is 1. The highest BCUT2D eigenvalue weighted by molar-refractivity contribution is 5.61. The molecule has 0 aromatic heterocycles. The molecule has 2 aliphatic rings. The van der Waals surface area contributed by atoms with E-state index in [4.69, 9.17) is 4.74 Å². The Labute approximate surface area is 126 Å². The Morgan fingerprint density at radius 1 is 1.05 bits per heavy atom. The molecule has 2 heteroatoms. The molecule has 4 rings (SSSR count). The van der Waals surface area contributed by atoms with E-state index in [1.54, 1.807) is 0 Å². The minimum absolute atomic E-state index is 0.236. The normalized spacial score (nSPS) is 27.4. The van der Waals surface area contributed by atoms with E-state index in [1.807, 2.05) is 0 Å². The summed E-state index contributed by atoms with van der Waals surface area (Å²) in [6.07, 6.45) is 2.62. The number of nitrogens with one attached hydrogen (secondary N) is 1. The van der Waals surface area contributed by atoms with Gasteiger partial charge in [-0.2, -0.15) is 0 Å². The molecule has 0 radical (unpaired) electrons. The molecule has 0 spiro atoms. The van der Waals surface area contributed by atoms with Gasteiger partial charge in [0.1, 0.15) is 0 Å². The summed E-state index contributed by atoms with van der Waals surface area (Å²) >= 11 is 0. The standard InChI is InChI=1S/C19H21NO/c1-13-7-5-10-15-17(13)20-18(14-8-3-2-4-9-14)16-11-6-12-21-19(15)16/h2-5,7-10,16,18-20H,6,11-12H2,1H3/t16-,18-,19+/m0/s1. The second-order valence-corrected chi connectivity index (χ2v) is 6.17. The van der Waals surface area contributed by atoms with Crippen molar-refractivity contribution in [2.75, 3.05) is 11.9 Å². The van der Waals surface area contributed by atoms with Crippen LogP contribution in [0.15, 0.2) is 48.5 Å². The summed E-state index contributed by atoms with van der Waals surface area (Å²) in [7, 11) is 0. The van der Waals surface area contributed by atoms with Gasteiger partial charge in [-0.15, -0.1) is 0 Å². The Morgan fingerprint density at radius 3 is 2.76 bits per heavy atom. The third kappa shape index (κ3) is 2.14. The molecule has 21 heavy (non-hydrogen) atoms. The molecule has 3 atom stereocenters. The summed E-state index contributed by atoms with van der Waals surface area (Å²) in [6, 6.07) is 17.7. The lowest BCUT2D eigenvalue weighted by Crippen LogP contribution is -2.36. The number of aryl methyl sites for hydroxylation is 1. The molecule has 0 aliphatic carbocycles. The van der Waals surface area contributed by atoms with E-state index in [0.717, 1.165) is 13.0 Å². The van der Waals surface area contributed by atoms with Crippen molar-refractivity contribution in [1.82, 2.24) is 0 Å². The molecule has 1 saturated heterocycles. The Kier molecular flexibility index (Phi) is 3.19. The first-order chi connectivity index (χ1) is 10.3. The number of fused-ring (bicyclic) bond motifs is 3. The molecule has 1 fully saturated rings. The maximum Gasteiger partial charge on any atom is 0.0895 e. The number of benzene rings is 2. The summed E-state index contributed by atoms with van der Waals surface area (Å²) in [5.41, 5.74) is 5.29. The van der Waals surface area contributed by atoms with E-state index in [2.05, 4.69) is 60.8 Å². The van der Waals surface area contributed by atoms with E-state index < -0.39 is 0 Å². The number of rotatable bonds is 1. The van der Waals surface area contributed by atoms with Crippen LogP contribution < -0.4 is 5.32 Å². The third-order valence-electron chi connectivity index (χ3n) is 4.87. The molecular weight excluding hydrogens is 258 g/mol. The lowest BCUT2D eigenvalue weighted by molar-refractivity contribution is -0.0381. The van der Waals surface area contributed by atoms with Gasteiger partial charge < -0.3 is 10.1 Å². The molecule has 1 N–H and O–H groups in total. The summed E-state index contributed by atoms with van der Waals surface area (Å²) in [5.74, 6) is 0.524. The fourth-order valence-corrected chi connectivity index (χ4v) is 3.84. The fraction of sp³-hybridized carbons (Fsp3) is 0.368. The molecule has 0 unspecified atom stereocenters. The number of hydrogen-bond acceptors (Lipinski definition) is 2. The predicted molar refractivity (Wildman–Crippen MR) is 85.4 cm³/mol. The van der Waals surface area contributed by atoms with Crippen LogP contribution in [0.3, 0.4) is 0 Å². The zero-order valence-electron chi connectivity index (χ0n) is 12.4. The minimum Gasteiger partial charge on any atom is -0.377 e. The van der Waals surface area contributed by atoms with E-state index >= 15 is 0 Å². The SMILES string of the molecule is Cc1cccc2c1N[C@@H](c1ccccc1)[C@@H]1CCCO[C@H]21. The predicted octanol–water partition coefficient (Wildman–Crippen LogP) is 4.63.